The van der Waals surface area contributed by atoms with Crippen LogP contribution in [0, 0.1) is 62.3 Å². The summed E-state index contributed by atoms with van der Waals surface area (Å²) in [4.78, 5) is 0. The summed E-state index contributed by atoms with van der Waals surface area (Å²) in [7, 11) is 0.976. The molecule has 0 saturated carbocycles. The summed E-state index contributed by atoms with van der Waals surface area (Å²) < 4.78 is 0. The van der Waals surface area contributed by atoms with E-state index in [0.717, 1.165) is 8.19 Å². The molecular formula is C18H28FeP-. The van der Waals surface area contributed by atoms with E-state index in [9.17, 15) is 0 Å². The van der Waals surface area contributed by atoms with Crippen LogP contribution >= 0.6 is 8.19 Å². The molecular weight excluding hydrogens is 303 g/mol. The number of hydrogen-bond acceptors (Lipinski definition) is 0. The molecule has 1 heterocycles. The maximum absolute atomic E-state index is 2.23. The molecule has 0 nitrogen and oxygen atoms in total. The molecule has 1 aromatic carbocycles. The number of aryl methyl sites for hydroxylation is 2. The summed E-state index contributed by atoms with van der Waals surface area (Å²) in [6, 6.07) is 0. The summed E-state index contributed by atoms with van der Waals surface area (Å²) in [5.74, 6) is 0. The van der Waals surface area contributed by atoms with Crippen LogP contribution in [0.15, 0.2) is 0 Å². The van der Waals surface area contributed by atoms with Crippen molar-refractivity contribution >= 4 is 8.19 Å². The Bertz CT molecular complexity index is 483. The van der Waals surface area contributed by atoms with Crippen LogP contribution in [0.1, 0.15) is 49.5 Å². The van der Waals surface area contributed by atoms with Gasteiger partial charge in [0.25, 0.3) is 0 Å². The molecule has 0 spiro atoms. The molecule has 0 fully saturated rings. The van der Waals surface area contributed by atoms with Crippen molar-refractivity contribution in [3.63, 3.8) is 0 Å². The Morgan fingerprint density at radius 2 is 0.900 bits per heavy atom. The zero-order valence-electron chi connectivity index (χ0n) is 14.4. The fourth-order valence-corrected chi connectivity index (χ4v) is 3.75. The van der Waals surface area contributed by atoms with Crippen LogP contribution in [0.25, 0.3) is 0 Å². The number of rotatable bonds is 0. The molecule has 1 aromatic heterocycles. The average Bonchev–Trinajstić information content (AvgIpc) is 2.69. The molecule has 0 aliphatic rings. The van der Waals surface area contributed by atoms with Crippen LogP contribution in [-0.4, -0.2) is 0 Å². The third-order valence-corrected chi connectivity index (χ3v) is 6.38. The first-order valence-corrected chi connectivity index (χ1v) is 8.00. The van der Waals surface area contributed by atoms with Gasteiger partial charge < -0.3 is 0 Å². The zero-order chi connectivity index (χ0) is 14.9. The second kappa shape index (κ2) is 7.60. The summed E-state index contributed by atoms with van der Waals surface area (Å²) >= 11 is 0. The van der Waals surface area contributed by atoms with Gasteiger partial charge in [-0.3, -0.25) is 0 Å². The van der Waals surface area contributed by atoms with E-state index >= 15 is 0 Å². The van der Waals surface area contributed by atoms with E-state index in [0.29, 0.717) is 0 Å². The molecule has 2 aromatic rings. The average molecular weight is 331 g/mol. The molecule has 0 amide bonds. The molecule has 0 radical (unpaired) electrons. The van der Waals surface area contributed by atoms with Crippen LogP contribution in [0.5, 0.6) is 0 Å². The topological polar surface area (TPSA) is 0 Å². The normalized spacial score (nSPS) is 9.85. The Hall–Kier alpha value is -0.351. The SMILES string of the molecule is Cc1[pH]c(C)c(C)c1C.Cc1c(C)c(C)[c-](C)c1C.[Fe]. The van der Waals surface area contributed by atoms with Gasteiger partial charge in [0.1, 0.15) is 0 Å². The molecule has 0 aliphatic carbocycles. The molecule has 114 valence electrons. The van der Waals surface area contributed by atoms with Crippen LogP contribution in [0.3, 0.4) is 0 Å². The first-order chi connectivity index (χ1) is 8.68. The summed E-state index contributed by atoms with van der Waals surface area (Å²) in [5, 5.41) is 3.15. The summed E-state index contributed by atoms with van der Waals surface area (Å²) in [6.45, 7) is 19.9. The minimum atomic E-state index is 0. The molecule has 0 aliphatic heterocycles. The van der Waals surface area contributed by atoms with Gasteiger partial charge in [0.05, 0.1) is 0 Å². The monoisotopic (exact) mass is 331 g/mol. The molecule has 0 N–H and O–H groups in total. The van der Waals surface area contributed by atoms with Gasteiger partial charge in [-0.05, 0) is 49.4 Å². The zero-order valence-corrected chi connectivity index (χ0v) is 16.5. The van der Waals surface area contributed by atoms with Gasteiger partial charge in [0, 0.05) is 17.1 Å². The molecule has 0 saturated heterocycles. The number of hydrogen-bond donors (Lipinski definition) is 0. The van der Waals surface area contributed by atoms with E-state index in [4.69, 9.17) is 0 Å². The Morgan fingerprint density at radius 1 is 0.600 bits per heavy atom. The van der Waals surface area contributed by atoms with E-state index in [2.05, 4.69) is 62.3 Å². The van der Waals surface area contributed by atoms with Crippen LogP contribution in [-0.2, 0) is 17.1 Å². The van der Waals surface area contributed by atoms with Crippen LogP contribution in [0.2, 0.25) is 0 Å². The van der Waals surface area contributed by atoms with Gasteiger partial charge >= 0.3 is 0 Å². The van der Waals surface area contributed by atoms with Gasteiger partial charge in [-0.25, -0.2) is 0 Å². The maximum atomic E-state index is 2.23. The van der Waals surface area contributed by atoms with Gasteiger partial charge in [0.15, 0.2) is 0 Å². The minimum absolute atomic E-state index is 0. The fraction of sp³-hybridized carbons (Fsp3) is 0.500. The standard InChI is InChI=1S/C10H15.C8H13P.Fe/c1-6-7(2)9(4)10(5)8(6)3;1-5-6(2)8(4)9-7(5)3;/h1-5H3;9H,1-4H3;/q-1;;. The van der Waals surface area contributed by atoms with E-state index in [1.165, 1.54) is 38.9 Å². The minimum Gasteiger partial charge on any atom is -0.196 e. The van der Waals surface area contributed by atoms with Crippen molar-refractivity contribution in [3.05, 3.63) is 49.5 Å². The predicted molar refractivity (Wildman–Crippen MR) is 90.6 cm³/mol. The second-order valence-corrected chi connectivity index (χ2v) is 7.50. The van der Waals surface area contributed by atoms with Crippen LogP contribution in [0.4, 0.5) is 0 Å². The van der Waals surface area contributed by atoms with Crippen molar-refractivity contribution < 1.29 is 17.1 Å². The van der Waals surface area contributed by atoms with Gasteiger partial charge in [0.2, 0.25) is 0 Å². The van der Waals surface area contributed by atoms with E-state index in [-0.39, 0.29) is 17.1 Å². The summed E-state index contributed by atoms with van der Waals surface area (Å²) in [6.07, 6.45) is 0. The third kappa shape index (κ3) is 3.85. The van der Waals surface area contributed by atoms with E-state index in [1.807, 2.05) is 0 Å². The Labute approximate surface area is 137 Å². The van der Waals surface area contributed by atoms with Crippen LogP contribution < -0.4 is 0 Å². The molecule has 0 atom stereocenters. The molecule has 0 bridgehead atoms. The predicted octanol–water partition coefficient (Wildman–Crippen LogP) is 5.90. The largest absolute Gasteiger partial charge is 0.196 e. The molecule has 2 rings (SSSR count). The Kier molecular flexibility index (Phi) is 7.47. The van der Waals surface area contributed by atoms with Gasteiger partial charge in [-0.15, -0.1) is 8.19 Å². The summed E-state index contributed by atoms with van der Waals surface area (Å²) in [5.41, 5.74) is 10.4. The second-order valence-electron chi connectivity index (χ2n) is 5.75. The first-order valence-electron chi connectivity index (χ1n) is 7.00. The van der Waals surface area contributed by atoms with Gasteiger partial charge in [-0.1, -0.05) is 34.6 Å². The Morgan fingerprint density at radius 3 is 1.00 bits per heavy atom. The molecule has 20 heavy (non-hydrogen) atoms. The van der Waals surface area contributed by atoms with Crippen molar-refractivity contribution in [2.45, 2.75) is 62.3 Å². The van der Waals surface area contributed by atoms with Crippen molar-refractivity contribution in [2.75, 3.05) is 0 Å². The fourth-order valence-electron chi connectivity index (χ4n) is 2.44. The molecule has 2 heteroatoms. The third-order valence-electron chi connectivity index (χ3n) is 4.88. The molecule has 0 unspecified atom stereocenters. The van der Waals surface area contributed by atoms with Crippen molar-refractivity contribution in [3.8, 4) is 0 Å². The van der Waals surface area contributed by atoms with Crippen molar-refractivity contribution in [1.82, 2.24) is 0 Å². The van der Waals surface area contributed by atoms with E-state index in [1.54, 1.807) is 10.6 Å². The van der Waals surface area contributed by atoms with Crippen molar-refractivity contribution in [2.24, 2.45) is 0 Å². The first kappa shape index (κ1) is 19.6. The maximum Gasteiger partial charge on any atom is 0 e. The van der Waals surface area contributed by atoms with Gasteiger partial charge in [-0.2, -0.15) is 27.8 Å². The smallest absolute Gasteiger partial charge is 0 e. The van der Waals surface area contributed by atoms with E-state index < -0.39 is 0 Å². The van der Waals surface area contributed by atoms with Crippen molar-refractivity contribution in [1.29, 1.82) is 0 Å². The Balaban J connectivity index is 0.000000345. The quantitative estimate of drug-likeness (QED) is 0.417.